The third kappa shape index (κ3) is 4.56. The molecule has 0 spiro atoms. The highest BCUT2D eigenvalue weighted by atomic mass is 35.5. The van der Waals surface area contributed by atoms with Gasteiger partial charge < -0.3 is 20.0 Å². The van der Waals surface area contributed by atoms with E-state index in [9.17, 15) is 9.18 Å². The molecule has 5 nitrogen and oxygen atoms in total. The largest absolute Gasteiger partial charge is 0.367 e. The van der Waals surface area contributed by atoms with E-state index in [-0.39, 0.29) is 42.6 Å². The Morgan fingerprint density at radius 3 is 2.50 bits per heavy atom. The van der Waals surface area contributed by atoms with Crippen molar-refractivity contribution in [1.82, 2.24) is 15.1 Å². The molecule has 3 fully saturated rings. The van der Waals surface area contributed by atoms with Crippen molar-refractivity contribution in [2.45, 2.75) is 38.3 Å². The van der Waals surface area contributed by atoms with Crippen LogP contribution in [-0.2, 0) is 0 Å². The van der Waals surface area contributed by atoms with E-state index in [0.29, 0.717) is 17.3 Å². The fraction of sp³-hybridized carbons (Fsp3) is 0.650. The molecule has 158 valence electrons. The molecule has 8 heteroatoms. The Balaban J connectivity index is 0.00000140. The smallest absolute Gasteiger partial charge is 0.254 e. The maximum absolute atomic E-state index is 14.8. The molecule has 1 aromatic carbocycles. The third-order valence-electron chi connectivity index (χ3n) is 6.24. The molecule has 1 N–H and O–H groups in total. The molecule has 0 saturated carbocycles. The first-order chi connectivity index (χ1) is 12.7. The van der Waals surface area contributed by atoms with Crippen LogP contribution in [0.3, 0.4) is 0 Å². The van der Waals surface area contributed by atoms with E-state index < -0.39 is 0 Å². The lowest BCUT2D eigenvalue weighted by atomic mass is 10.1. The highest BCUT2D eigenvalue weighted by Gasteiger charge is 2.38. The molecule has 1 amide bonds. The minimum atomic E-state index is -0.277. The fourth-order valence-electron chi connectivity index (χ4n) is 4.66. The lowest BCUT2D eigenvalue weighted by Gasteiger charge is -2.35. The molecule has 0 aliphatic carbocycles. The highest BCUT2D eigenvalue weighted by molar-refractivity contribution is 5.95. The maximum Gasteiger partial charge on any atom is 0.254 e. The molecule has 2 atom stereocenters. The van der Waals surface area contributed by atoms with Gasteiger partial charge in [0, 0.05) is 50.4 Å². The monoisotopic (exact) mass is 432 g/mol. The van der Waals surface area contributed by atoms with Crippen molar-refractivity contribution in [2.75, 3.05) is 50.7 Å². The molecule has 3 aliphatic heterocycles. The van der Waals surface area contributed by atoms with Crippen LogP contribution in [0, 0.1) is 5.82 Å². The predicted molar refractivity (Wildman–Crippen MR) is 116 cm³/mol. The van der Waals surface area contributed by atoms with Crippen LogP contribution in [-0.4, -0.2) is 73.6 Å². The van der Waals surface area contributed by atoms with Crippen molar-refractivity contribution >= 4 is 36.4 Å². The minimum Gasteiger partial charge on any atom is -0.367 e. The Hall–Kier alpha value is -1.08. The van der Waals surface area contributed by atoms with Gasteiger partial charge in [-0.15, -0.1) is 24.8 Å². The molecule has 28 heavy (non-hydrogen) atoms. The Morgan fingerprint density at radius 2 is 1.82 bits per heavy atom. The summed E-state index contributed by atoms with van der Waals surface area (Å²) in [6.45, 7) is 8.59. The molecule has 0 radical (unpaired) electrons. The maximum atomic E-state index is 14.8. The number of halogens is 3. The van der Waals surface area contributed by atoms with E-state index in [4.69, 9.17) is 0 Å². The van der Waals surface area contributed by atoms with Gasteiger partial charge >= 0.3 is 0 Å². The number of amides is 1. The molecule has 2 bridgehead atoms. The number of nitrogens with one attached hydrogen (secondary N) is 1. The summed E-state index contributed by atoms with van der Waals surface area (Å²) in [5.74, 6) is -0.288. The van der Waals surface area contributed by atoms with E-state index in [0.717, 1.165) is 65.1 Å². The van der Waals surface area contributed by atoms with Gasteiger partial charge in [0.1, 0.15) is 5.82 Å². The van der Waals surface area contributed by atoms with Gasteiger partial charge in [0.15, 0.2) is 0 Å². The summed E-state index contributed by atoms with van der Waals surface area (Å²) < 4.78 is 14.8. The number of fused-ring (bicyclic) bond motifs is 2. The second kappa shape index (κ2) is 10.1. The second-order valence-corrected chi connectivity index (χ2v) is 7.68. The molecular weight excluding hydrogens is 402 g/mol. The highest BCUT2D eigenvalue weighted by Crippen LogP contribution is 2.30. The quantitative estimate of drug-likeness (QED) is 0.796. The Kier molecular flexibility index (Phi) is 8.37. The molecule has 0 aromatic heterocycles. The zero-order valence-corrected chi connectivity index (χ0v) is 18.0. The van der Waals surface area contributed by atoms with Crippen molar-refractivity contribution in [3.63, 3.8) is 0 Å². The summed E-state index contributed by atoms with van der Waals surface area (Å²) in [7, 11) is 0. The molecule has 3 aliphatic rings. The summed E-state index contributed by atoms with van der Waals surface area (Å²) in [5, 5.41) is 3.41. The van der Waals surface area contributed by atoms with E-state index in [2.05, 4.69) is 22.0 Å². The van der Waals surface area contributed by atoms with Gasteiger partial charge in [-0.05, 0) is 50.6 Å². The van der Waals surface area contributed by atoms with Gasteiger partial charge in [-0.3, -0.25) is 4.79 Å². The van der Waals surface area contributed by atoms with Crippen LogP contribution in [0.15, 0.2) is 18.2 Å². The van der Waals surface area contributed by atoms with Gasteiger partial charge in [-0.1, -0.05) is 6.92 Å². The van der Waals surface area contributed by atoms with Crippen LogP contribution < -0.4 is 10.2 Å². The van der Waals surface area contributed by atoms with E-state index >= 15 is 0 Å². The normalized spacial score (nSPS) is 24.9. The third-order valence-corrected chi connectivity index (χ3v) is 6.24. The number of likely N-dealkylation sites (N-methyl/N-ethyl adjacent to an activating group) is 1. The first kappa shape index (κ1) is 23.2. The number of carbonyl (C=O) groups excluding carboxylic acids is 1. The number of carbonyl (C=O) groups is 1. The zero-order valence-electron chi connectivity index (χ0n) is 16.4. The van der Waals surface area contributed by atoms with Crippen LogP contribution in [0.2, 0.25) is 0 Å². The predicted octanol–water partition coefficient (Wildman–Crippen LogP) is 2.78. The summed E-state index contributed by atoms with van der Waals surface area (Å²) in [6, 6.07) is 5.60. The van der Waals surface area contributed by atoms with Crippen LogP contribution in [0.25, 0.3) is 0 Å². The molecule has 2 unspecified atom stereocenters. The van der Waals surface area contributed by atoms with Gasteiger partial charge in [0.05, 0.1) is 5.69 Å². The lowest BCUT2D eigenvalue weighted by molar-refractivity contribution is 0.0680. The van der Waals surface area contributed by atoms with Crippen LogP contribution in [0.4, 0.5) is 10.1 Å². The van der Waals surface area contributed by atoms with Crippen molar-refractivity contribution in [1.29, 1.82) is 0 Å². The number of nitrogens with zero attached hydrogens (tertiary/aromatic N) is 3. The van der Waals surface area contributed by atoms with Crippen LogP contribution in [0.1, 0.15) is 36.5 Å². The van der Waals surface area contributed by atoms with Gasteiger partial charge in [0.25, 0.3) is 5.91 Å². The van der Waals surface area contributed by atoms with Crippen molar-refractivity contribution in [3.8, 4) is 0 Å². The average molecular weight is 433 g/mol. The SMILES string of the molecule is CCN1CCN(c2ccc(C(=O)N3C4CCNCC3CC4)cc2F)CC1.Cl.Cl. The Labute approximate surface area is 179 Å². The van der Waals surface area contributed by atoms with E-state index in [1.54, 1.807) is 6.07 Å². The van der Waals surface area contributed by atoms with Gasteiger partial charge in [-0.2, -0.15) is 0 Å². The van der Waals surface area contributed by atoms with Crippen LogP contribution in [0.5, 0.6) is 0 Å². The topological polar surface area (TPSA) is 38.8 Å². The second-order valence-electron chi connectivity index (χ2n) is 7.68. The number of piperazine rings is 1. The number of anilines is 1. The first-order valence-electron chi connectivity index (χ1n) is 9.97. The minimum absolute atomic E-state index is 0. The Bertz CT molecular complexity index is 656. The number of hydrogen-bond donors (Lipinski definition) is 1. The van der Waals surface area contributed by atoms with Crippen molar-refractivity contribution in [2.24, 2.45) is 0 Å². The summed E-state index contributed by atoms with van der Waals surface area (Å²) >= 11 is 0. The Morgan fingerprint density at radius 1 is 1.11 bits per heavy atom. The fourth-order valence-corrected chi connectivity index (χ4v) is 4.66. The lowest BCUT2D eigenvalue weighted by Crippen LogP contribution is -2.46. The molecule has 3 heterocycles. The summed E-state index contributed by atoms with van der Waals surface area (Å²) in [4.78, 5) is 19.5. The van der Waals surface area contributed by atoms with Gasteiger partial charge in [0.2, 0.25) is 0 Å². The van der Waals surface area contributed by atoms with Crippen molar-refractivity contribution in [3.05, 3.63) is 29.6 Å². The number of hydrogen-bond acceptors (Lipinski definition) is 4. The standard InChI is InChI=1S/C20H29FN4O.2ClH/c1-2-23-9-11-24(12-10-23)19-6-3-15(13-18(19)21)20(26)25-16-4-5-17(25)14-22-8-7-16;;/h3,6,13,16-17,22H,2,4-5,7-12,14H2,1H3;2*1H. The number of rotatable bonds is 3. The molecule has 3 saturated heterocycles. The average Bonchev–Trinajstić information content (AvgIpc) is 2.93. The molecule has 1 aromatic rings. The summed E-state index contributed by atoms with van der Waals surface area (Å²) in [6.07, 6.45) is 3.11. The van der Waals surface area contributed by atoms with Crippen LogP contribution >= 0.6 is 24.8 Å². The molecular formula is C20H31Cl2FN4O. The zero-order chi connectivity index (χ0) is 18.1. The van der Waals surface area contributed by atoms with E-state index in [1.165, 1.54) is 6.07 Å². The summed E-state index contributed by atoms with van der Waals surface area (Å²) in [5.41, 5.74) is 1.11. The van der Waals surface area contributed by atoms with E-state index in [1.807, 2.05) is 11.0 Å². The molecule has 4 rings (SSSR count). The number of benzene rings is 1. The van der Waals surface area contributed by atoms with Gasteiger partial charge in [-0.25, -0.2) is 4.39 Å². The van der Waals surface area contributed by atoms with Crippen molar-refractivity contribution < 1.29 is 9.18 Å². The first-order valence-corrected chi connectivity index (χ1v) is 9.97.